The van der Waals surface area contributed by atoms with Crippen LogP contribution in [0.25, 0.3) is 0 Å². The minimum absolute atomic E-state index is 0. The molecular formula is C10H17ClN2O3. The summed E-state index contributed by atoms with van der Waals surface area (Å²) in [4.78, 5) is 0. The van der Waals surface area contributed by atoms with Crippen molar-refractivity contribution in [2.45, 2.75) is 6.54 Å². The smallest absolute Gasteiger partial charge is 0.203 e. The third kappa shape index (κ3) is 3.16. The summed E-state index contributed by atoms with van der Waals surface area (Å²) in [5.41, 5.74) is 3.54. The first-order valence-electron chi connectivity index (χ1n) is 4.49. The summed E-state index contributed by atoms with van der Waals surface area (Å²) in [6.45, 7) is 0.538. The summed E-state index contributed by atoms with van der Waals surface area (Å²) in [6.07, 6.45) is 0. The summed E-state index contributed by atoms with van der Waals surface area (Å²) >= 11 is 0. The van der Waals surface area contributed by atoms with Gasteiger partial charge in [0.15, 0.2) is 11.5 Å². The molecule has 0 bridgehead atoms. The van der Waals surface area contributed by atoms with Crippen LogP contribution in [-0.2, 0) is 6.54 Å². The molecule has 1 aromatic rings. The number of benzene rings is 1. The van der Waals surface area contributed by atoms with Gasteiger partial charge >= 0.3 is 0 Å². The molecule has 0 amide bonds. The number of ether oxygens (including phenoxy) is 3. The minimum Gasteiger partial charge on any atom is -0.493 e. The number of hydrogen-bond donors (Lipinski definition) is 2. The Bertz CT molecular complexity index is 309. The Morgan fingerprint density at radius 2 is 1.56 bits per heavy atom. The minimum atomic E-state index is 0. The molecule has 0 fully saturated rings. The first-order valence-corrected chi connectivity index (χ1v) is 4.49. The fourth-order valence-electron chi connectivity index (χ4n) is 1.36. The molecule has 3 N–H and O–H groups in total. The zero-order chi connectivity index (χ0) is 11.3. The molecule has 0 radical (unpaired) electrons. The maximum absolute atomic E-state index is 5.25. The highest BCUT2D eigenvalue weighted by Crippen LogP contribution is 2.37. The second-order valence-electron chi connectivity index (χ2n) is 2.91. The molecule has 0 saturated carbocycles. The molecule has 0 aliphatic heterocycles. The molecule has 92 valence electrons. The van der Waals surface area contributed by atoms with Crippen molar-refractivity contribution in [3.8, 4) is 17.2 Å². The first-order chi connectivity index (χ1) is 7.26. The van der Waals surface area contributed by atoms with Gasteiger partial charge in [-0.2, -0.15) is 0 Å². The summed E-state index contributed by atoms with van der Waals surface area (Å²) in [5.74, 6) is 7.09. The van der Waals surface area contributed by atoms with Gasteiger partial charge in [0.25, 0.3) is 0 Å². The van der Waals surface area contributed by atoms with E-state index in [2.05, 4.69) is 5.43 Å². The second kappa shape index (κ2) is 7.16. The van der Waals surface area contributed by atoms with E-state index in [-0.39, 0.29) is 12.4 Å². The Morgan fingerprint density at radius 1 is 1.06 bits per heavy atom. The van der Waals surface area contributed by atoms with Crippen molar-refractivity contribution >= 4 is 12.4 Å². The molecule has 0 unspecified atom stereocenters. The van der Waals surface area contributed by atoms with E-state index in [0.29, 0.717) is 23.8 Å². The summed E-state index contributed by atoms with van der Waals surface area (Å²) in [7, 11) is 4.73. The highest BCUT2D eigenvalue weighted by Gasteiger charge is 2.12. The van der Waals surface area contributed by atoms with Crippen LogP contribution < -0.4 is 25.5 Å². The molecule has 16 heavy (non-hydrogen) atoms. The Kier molecular flexibility index (Phi) is 6.64. The Hall–Kier alpha value is -1.17. The van der Waals surface area contributed by atoms with Crippen LogP contribution in [0.1, 0.15) is 5.56 Å². The summed E-state index contributed by atoms with van der Waals surface area (Å²) in [6, 6.07) is 3.70. The van der Waals surface area contributed by atoms with Gasteiger partial charge in [0.2, 0.25) is 5.75 Å². The highest BCUT2D eigenvalue weighted by molar-refractivity contribution is 5.85. The van der Waals surface area contributed by atoms with Crippen molar-refractivity contribution in [1.29, 1.82) is 0 Å². The Labute approximate surface area is 101 Å². The Balaban J connectivity index is 0.00000225. The molecule has 6 heteroatoms. The molecule has 0 saturated heterocycles. The predicted octanol–water partition coefficient (Wildman–Crippen LogP) is 1.10. The standard InChI is InChI=1S/C10H16N2O3.ClH/c1-13-8-4-7(6-12-11)5-9(14-2)10(8)15-3;/h4-5,12H,6,11H2,1-3H3;1H. The largest absolute Gasteiger partial charge is 0.493 e. The zero-order valence-corrected chi connectivity index (χ0v) is 10.4. The van der Waals surface area contributed by atoms with Crippen molar-refractivity contribution in [3.63, 3.8) is 0 Å². The normalized spacial score (nSPS) is 9.25. The van der Waals surface area contributed by atoms with Gasteiger partial charge in [0, 0.05) is 6.54 Å². The maximum atomic E-state index is 5.25. The molecule has 0 heterocycles. The molecule has 5 nitrogen and oxygen atoms in total. The summed E-state index contributed by atoms with van der Waals surface area (Å²) in [5, 5.41) is 0. The molecule has 0 aromatic heterocycles. The van der Waals surface area contributed by atoms with Crippen molar-refractivity contribution in [1.82, 2.24) is 5.43 Å². The maximum Gasteiger partial charge on any atom is 0.203 e. The zero-order valence-electron chi connectivity index (χ0n) is 9.57. The number of hydrazine groups is 1. The van der Waals surface area contributed by atoms with Crippen LogP contribution in [0, 0.1) is 0 Å². The van der Waals surface area contributed by atoms with Gasteiger partial charge in [-0.3, -0.25) is 11.3 Å². The van der Waals surface area contributed by atoms with E-state index >= 15 is 0 Å². The van der Waals surface area contributed by atoms with Gasteiger partial charge in [0.05, 0.1) is 21.3 Å². The van der Waals surface area contributed by atoms with Gasteiger partial charge in [-0.25, -0.2) is 0 Å². The van der Waals surface area contributed by atoms with Crippen molar-refractivity contribution < 1.29 is 14.2 Å². The molecule has 1 rings (SSSR count). The highest BCUT2D eigenvalue weighted by atomic mass is 35.5. The number of methoxy groups -OCH3 is 3. The van der Waals surface area contributed by atoms with E-state index in [1.165, 1.54) is 0 Å². The molecule has 1 aromatic carbocycles. The molecule has 0 aliphatic rings. The fraction of sp³-hybridized carbons (Fsp3) is 0.400. The van der Waals surface area contributed by atoms with Crippen LogP contribution in [0.2, 0.25) is 0 Å². The predicted molar refractivity (Wildman–Crippen MR) is 64.4 cm³/mol. The van der Waals surface area contributed by atoms with E-state index in [0.717, 1.165) is 5.56 Å². The van der Waals surface area contributed by atoms with Crippen LogP contribution in [0.3, 0.4) is 0 Å². The van der Waals surface area contributed by atoms with Crippen LogP contribution in [0.5, 0.6) is 17.2 Å². The number of nitrogens with one attached hydrogen (secondary N) is 1. The van der Waals surface area contributed by atoms with E-state index in [1.807, 2.05) is 12.1 Å². The van der Waals surface area contributed by atoms with Crippen LogP contribution >= 0.6 is 12.4 Å². The quantitative estimate of drug-likeness (QED) is 0.603. The number of nitrogens with two attached hydrogens (primary N) is 1. The lowest BCUT2D eigenvalue weighted by atomic mass is 10.2. The van der Waals surface area contributed by atoms with Crippen LogP contribution in [-0.4, -0.2) is 21.3 Å². The Morgan fingerprint density at radius 3 is 1.88 bits per heavy atom. The molecular weight excluding hydrogens is 232 g/mol. The first kappa shape index (κ1) is 14.8. The van der Waals surface area contributed by atoms with Crippen molar-refractivity contribution in [3.05, 3.63) is 17.7 Å². The number of hydrogen-bond acceptors (Lipinski definition) is 5. The monoisotopic (exact) mass is 248 g/mol. The lowest BCUT2D eigenvalue weighted by molar-refractivity contribution is 0.323. The van der Waals surface area contributed by atoms with E-state index < -0.39 is 0 Å². The second-order valence-corrected chi connectivity index (χ2v) is 2.91. The van der Waals surface area contributed by atoms with E-state index in [9.17, 15) is 0 Å². The van der Waals surface area contributed by atoms with Gasteiger partial charge in [-0.15, -0.1) is 12.4 Å². The number of rotatable bonds is 5. The van der Waals surface area contributed by atoms with Gasteiger partial charge in [-0.05, 0) is 17.7 Å². The SMILES string of the molecule is COc1cc(CNN)cc(OC)c1OC.Cl. The van der Waals surface area contributed by atoms with Crippen molar-refractivity contribution in [2.24, 2.45) is 5.84 Å². The van der Waals surface area contributed by atoms with E-state index in [4.69, 9.17) is 20.1 Å². The third-order valence-electron chi connectivity index (χ3n) is 2.03. The third-order valence-corrected chi connectivity index (χ3v) is 2.03. The van der Waals surface area contributed by atoms with Gasteiger partial charge in [0.1, 0.15) is 0 Å². The van der Waals surface area contributed by atoms with Crippen LogP contribution in [0.4, 0.5) is 0 Å². The van der Waals surface area contributed by atoms with Crippen molar-refractivity contribution in [2.75, 3.05) is 21.3 Å². The lowest BCUT2D eigenvalue weighted by Gasteiger charge is -2.13. The summed E-state index contributed by atoms with van der Waals surface area (Å²) < 4.78 is 15.6. The van der Waals surface area contributed by atoms with Gasteiger partial charge < -0.3 is 14.2 Å². The molecule has 0 spiro atoms. The average molecular weight is 249 g/mol. The topological polar surface area (TPSA) is 65.7 Å². The lowest BCUT2D eigenvalue weighted by Crippen LogP contribution is -2.20. The van der Waals surface area contributed by atoms with Gasteiger partial charge in [-0.1, -0.05) is 0 Å². The average Bonchev–Trinajstić information content (AvgIpc) is 2.28. The number of halogens is 1. The molecule has 0 aliphatic carbocycles. The van der Waals surface area contributed by atoms with E-state index in [1.54, 1.807) is 21.3 Å². The molecule has 0 atom stereocenters. The van der Waals surface area contributed by atoms with Crippen LogP contribution in [0.15, 0.2) is 12.1 Å². The fourth-order valence-corrected chi connectivity index (χ4v) is 1.36.